The molecule has 0 saturated heterocycles. The lowest BCUT2D eigenvalue weighted by molar-refractivity contribution is -0.385. The molecular formula is C13H16N2O6. The van der Waals surface area contributed by atoms with Gasteiger partial charge in [0.15, 0.2) is 12.4 Å². The highest BCUT2D eigenvalue weighted by molar-refractivity contribution is 5.90. The standard InChI is InChI=1S/C13H16N2O6/c1-8(2)14-12(16)7-21-11-5-4-9(13(17)20-3)6-10(11)15(18)19/h4-6,8H,7H2,1-3H3,(H,14,16). The van der Waals surface area contributed by atoms with Crippen molar-refractivity contribution in [3.8, 4) is 5.75 Å². The van der Waals surface area contributed by atoms with Crippen LogP contribution >= 0.6 is 0 Å². The molecule has 0 unspecified atom stereocenters. The predicted octanol–water partition coefficient (Wildman–Crippen LogP) is 1.28. The fourth-order valence-corrected chi connectivity index (χ4v) is 1.53. The fourth-order valence-electron chi connectivity index (χ4n) is 1.53. The van der Waals surface area contributed by atoms with Crippen molar-refractivity contribution in [2.75, 3.05) is 13.7 Å². The number of benzene rings is 1. The maximum absolute atomic E-state index is 11.4. The summed E-state index contributed by atoms with van der Waals surface area (Å²) in [6, 6.07) is 3.57. The van der Waals surface area contributed by atoms with E-state index in [0.29, 0.717) is 0 Å². The van der Waals surface area contributed by atoms with E-state index in [1.807, 2.05) is 0 Å². The normalized spacial score (nSPS) is 10.1. The Morgan fingerprint density at radius 1 is 1.38 bits per heavy atom. The van der Waals surface area contributed by atoms with Crippen LogP contribution in [0, 0.1) is 10.1 Å². The van der Waals surface area contributed by atoms with Gasteiger partial charge in [0, 0.05) is 12.1 Å². The molecule has 1 aromatic carbocycles. The van der Waals surface area contributed by atoms with E-state index < -0.39 is 22.5 Å². The number of carbonyl (C=O) groups is 2. The van der Waals surface area contributed by atoms with Gasteiger partial charge in [0.1, 0.15) is 0 Å². The van der Waals surface area contributed by atoms with Crippen molar-refractivity contribution in [1.82, 2.24) is 5.32 Å². The van der Waals surface area contributed by atoms with Gasteiger partial charge in [-0.3, -0.25) is 14.9 Å². The summed E-state index contributed by atoms with van der Waals surface area (Å²) < 4.78 is 9.61. The third-order valence-electron chi connectivity index (χ3n) is 2.39. The van der Waals surface area contributed by atoms with E-state index in [-0.39, 0.29) is 24.0 Å². The summed E-state index contributed by atoms with van der Waals surface area (Å²) >= 11 is 0. The van der Waals surface area contributed by atoms with E-state index >= 15 is 0 Å². The highest BCUT2D eigenvalue weighted by atomic mass is 16.6. The number of carbonyl (C=O) groups excluding carboxylic acids is 2. The Kier molecular flexibility index (Phi) is 5.65. The molecule has 0 radical (unpaired) electrons. The summed E-state index contributed by atoms with van der Waals surface area (Å²) in [4.78, 5) is 33.1. The third kappa shape index (κ3) is 4.75. The van der Waals surface area contributed by atoms with Crippen molar-refractivity contribution >= 4 is 17.6 Å². The van der Waals surface area contributed by atoms with Gasteiger partial charge in [-0.15, -0.1) is 0 Å². The third-order valence-corrected chi connectivity index (χ3v) is 2.39. The van der Waals surface area contributed by atoms with Gasteiger partial charge in [-0.25, -0.2) is 4.79 Å². The predicted molar refractivity (Wildman–Crippen MR) is 73.2 cm³/mol. The molecule has 0 saturated carbocycles. The molecule has 0 aliphatic heterocycles. The molecule has 114 valence electrons. The molecule has 0 aliphatic rings. The number of hydrogen-bond donors (Lipinski definition) is 1. The minimum absolute atomic E-state index is 0.0307. The molecule has 0 atom stereocenters. The Morgan fingerprint density at radius 3 is 2.57 bits per heavy atom. The highest BCUT2D eigenvalue weighted by Crippen LogP contribution is 2.28. The Labute approximate surface area is 121 Å². The summed E-state index contributed by atoms with van der Waals surface area (Å²) in [6.45, 7) is 3.22. The smallest absolute Gasteiger partial charge is 0.338 e. The number of hydrogen-bond acceptors (Lipinski definition) is 6. The van der Waals surface area contributed by atoms with E-state index in [4.69, 9.17) is 4.74 Å². The Morgan fingerprint density at radius 2 is 2.05 bits per heavy atom. The second kappa shape index (κ2) is 7.22. The molecule has 1 N–H and O–H groups in total. The average Bonchev–Trinajstić information content (AvgIpc) is 2.43. The number of nitro groups is 1. The first kappa shape index (κ1) is 16.4. The first-order valence-corrected chi connectivity index (χ1v) is 6.14. The van der Waals surface area contributed by atoms with Crippen molar-refractivity contribution in [2.24, 2.45) is 0 Å². The number of rotatable bonds is 6. The minimum Gasteiger partial charge on any atom is -0.477 e. The fraction of sp³-hybridized carbons (Fsp3) is 0.385. The van der Waals surface area contributed by atoms with Gasteiger partial charge >= 0.3 is 11.7 Å². The van der Waals surface area contributed by atoms with Crippen molar-refractivity contribution in [3.05, 3.63) is 33.9 Å². The molecule has 0 heterocycles. The van der Waals surface area contributed by atoms with Crippen LogP contribution in [0.4, 0.5) is 5.69 Å². The summed E-state index contributed by atoms with van der Waals surface area (Å²) in [6.07, 6.45) is 0. The van der Waals surface area contributed by atoms with Crippen LogP contribution in [0.3, 0.4) is 0 Å². The second-order valence-electron chi connectivity index (χ2n) is 4.44. The Bertz CT molecular complexity index is 556. The van der Waals surface area contributed by atoms with Crippen molar-refractivity contribution in [2.45, 2.75) is 19.9 Å². The number of esters is 1. The maximum atomic E-state index is 11.4. The average molecular weight is 296 g/mol. The molecule has 0 bridgehead atoms. The van der Waals surface area contributed by atoms with Gasteiger partial charge in [-0.05, 0) is 26.0 Å². The van der Waals surface area contributed by atoms with Gasteiger partial charge in [-0.2, -0.15) is 0 Å². The molecule has 1 amide bonds. The SMILES string of the molecule is COC(=O)c1ccc(OCC(=O)NC(C)C)c([N+](=O)[O-])c1. The number of amides is 1. The minimum atomic E-state index is -0.692. The van der Waals surface area contributed by atoms with Gasteiger partial charge in [0.2, 0.25) is 0 Å². The lowest BCUT2D eigenvalue weighted by atomic mass is 10.2. The van der Waals surface area contributed by atoms with E-state index in [1.165, 1.54) is 19.2 Å². The number of nitrogens with one attached hydrogen (secondary N) is 1. The lowest BCUT2D eigenvalue weighted by Gasteiger charge is -2.10. The molecule has 1 rings (SSSR count). The molecule has 0 fully saturated rings. The summed E-state index contributed by atoms with van der Waals surface area (Å²) in [5.41, 5.74) is -0.376. The van der Waals surface area contributed by atoms with Gasteiger partial charge in [-0.1, -0.05) is 0 Å². The zero-order chi connectivity index (χ0) is 16.0. The molecule has 0 spiro atoms. The highest BCUT2D eigenvalue weighted by Gasteiger charge is 2.20. The maximum Gasteiger partial charge on any atom is 0.338 e. The van der Waals surface area contributed by atoms with Crippen LogP contribution in [0.1, 0.15) is 24.2 Å². The molecule has 8 nitrogen and oxygen atoms in total. The van der Waals surface area contributed by atoms with Crippen LogP contribution < -0.4 is 10.1 Å². The molecule has 0 aromatic heterocycles. The van der Waals surface area contributed by atoms with Gasteiger partial charge in [0.25, 0.3) is 5.91 Å². The Hall–Kier alpha value is -2.64. The quantitative estimate of drug-likeness (QED) is 0.481. The zero-order valence-corrected chi connectivity index (χ0v) is 11.9. The van der Waals surface area contributed by atoms with Gasteiger partial charge < -0.3 is 14.8 Å². The van der Waals surface area contributed by atoms with E-state index in [0.717, 1.165) is 6.07 Å². The van der Waals surface area contributed by atoms with E-state index in [2.05, 4.69) is 10.1 Å². The van der Waals surface area contributed by atoms with Crippen LogP contribution in [0.25, 0.3) is 0 Å². The van der Waals surface area contributed by atoms with Crippen LogP contribution in [-0.4, -0.2) is 36.6 Å². The first-order chi connectivity index (χ1) is 9.85. The second-order valence-corrected chi connectivity index (χ2v) is 4.44. The van der Waals surface area contributed by atoms with E-state index in [9.17, 15) is 19.7 Å². The van der Waals surface area contributed by atoms with E-state index in [1.54, 1.807) is 13.8 Å². The largest absolute Gasteiger partial charge is 0.477 e. The number of ether oxygens (including phenoxy) is 2. The summed E-state index contributed by atoms with van der Waals surface area (Å²) in [7, 11) is 1.18. The molecular weight excluding hydrogens is 280 g/mol. The van der Waals surface area contributed by atoms with Gasteiger partial charge in [0.05, 0.1) is 17.6 Å². The van der Waals surface area contributed by atoms with Crippen molar-refractivity contribution in [1.29, 1.82) is 0 Å². The zero-order valence-electron chi connectivity index (χ0n) is 11.9. The number of nitrogens with zero attached hydrogens (tertiary/aromatic N) is 1. The summed E-state index contributed by atoms with van der Waals surface area (Å²) in [5.74, 6) is -1.18. The number of methoxy groups -OCH3 is 1. The van der Waals surface area contributed by atoms with Crippen molar-refractivity contribution in [3.63, 3.8) is 0 Å². The van der Waals surface area contributed by atoms with Crippen molar-refractivity contribution < 1.29 is 24.0 Å². The molecule has 8 heteroatoms. The lowest BCUT2D eigenvalue weighted by Crippen LogP contribution is -2.34. The Balaban J connectivity index is 2.89. The molecule has 1 aromatic rings. The molecule has 0 aliphatic carbocycles. The van der Waals surface area contributed by atoms with Crippen LogP contribution in [0.2, 0.25) is 0 Å². The topological polar surface area (TPSA) is 108 Å². The molecule has 21 heavy (non-hydrogen) atoms. The summed E-state index contributed by atoms with van der Waals surface area (Å²) in [5, 5.41) is 13.6. The first-order valence-electron chi connectivity index (χ1n) is 6.14. The number of nitro benzene ring substituents is 1. The van der Waals surface area contributed by atoms with Crippen LogP contribution in [-0.2, 0) is 9.53 Å². The van der Waals surface area contributed by atoms with Crippen LogP contribution in [0.15, 0.2) is 18.2 Å². The van der Waals surface area contributed by atoms with Crippen LogP contribution in [0.5, 0.6) is 5.75 Å². The monoisotopic (exact) mass is 296 g/mol.